The predicted molar refractivity (Wildman–Crippen MR) is 172 cm³/mol. The number of aromatic amines is 1. The maximum absolute atomic E-state index is 6.97. The molecule has 1 fully saturated rings. The summed E-state index contributed by atoms with van der Waals surface area (Å²) in [5.74, 6) is 0.708. The quantitative estimate of drug-likeness (QED) is 0.161. The summed E-state index contributed by atoms with van der Waals surface area (Å²) < 4.78 is 12.1. The molecule has 2 aromatic carbocycles. The van der Waals surface area contributed by atoms with Gasteiger partial charge < -0.3 is 20.9 Å². The van der Waals surface area contributed by atoms with Crippen molar-refractivity contribution in [3.05, 3.63) is 144 Å². The van der Waals surface area contributed by atoms with Crippen molar-refractivity contribution in [2.45, 2.75) is 38.3 Å². The minimum Gasteiger partial charge on any atom is -0.490 e. The summed E-state index contributed by atoms with van der Waals surface area (Å²) in [6, 6.07) is 21.1. The Labute approximate surface area is 254 Å². The summed E-state index contributed by atoms with van der Waals surface area (Å²) in [4.78, 5) is 4.03. The van der Waals surface area contributed by atoms with Gasteiger partial charge >= 0.3 is 0 Å². The number of nitrogens with one attached hydrogen (secondary N) is 2. The number of nitrogens with zero attached hydrogens (tertiary/aromatic N) is 1. The molecule has 6 N–H and O–H groups in total. The van der Waals surface area contributed by atoms with Gasteiger partial charge in [-0.15, -0.1) is 0 Å². The molecule has 222 valence electrons. The van der Waals surface area contributed by atoms with Crippen molar-refractivity contribution in [1.29, 1.82) is 0 Å². The molecule has 0 saturated carbocycles. The molecule has 2 heterocycles. The van der Waals surface area contributed by atoms with Gasteiger partial charge in [0.2, 0.25) is 11.3 Å². The van der Waals surface area contributed by atoms with E-state index in [1.165, 1.54) is 0 Å². The fourth-order valence-corrected chi connectivity index (χ4v) is 6.09. The van der Waals surface area contributed by atoms with E-state index in [4.69, 9.17) is 20.9 Å². The second-order valence-electron chi connectivity index (χ2n) is 11.3. The minimum absolute atomic E-state index is 0.0305. The lowest BCUT2D eigenvalue weighted by atomic mass is 9.67. The molecule has 0 radical (unpaired) electrons. The Balaban J connectivity index is 1.82. The van der Waals surface area contributed by atoms with Crippen molar-refractivity contribution in [3.63, 3.8) is 0 Å². The molecule has 1 aromatic heterocycles. The number of rotatable bonds is 10. The molecule has 3 aromatic rings. The van der Waals surface area contributed by atoms with Crippen LogP contribution in [-0.2, 0) is 15.0 Å². The highest BCUT2D eigenvalue weighted by atomic mass is 16.5. The Morgan fingerprint density at radius 1 is 1.02 bits per heavy atom. The first kappa shape index (κ1) is 29.9. The van der Waals surface area contributed by atoms with Gasteiger partial charge in [0.05, 0.1) is 31.0 Å². The number of ether oxygens (including phenoxy) is 2. The fraction of sp³-hybridized carbons (Fsp3) is 0.278. The Kier molecular flexibility index (Phi) is 9.42. The normalized spacial score (nSPS) is 20.5. The average molecular weight is 577 g/mol. The molecule has 1 aliphatic heterocycles. The second-order valence-corrected chi connectivity index (χ2v) is 11.3. The lowest BCUT2D eigenvalue weighted by molar-refractivity contribution is -0.560. The largest absolute Gasteiger partial charge is 0.490 e. The topological polar surface area (TPSA) is 113 Å². The van der Waals surface area contributed by atoms with Crippen LogP contribution in [0.4, 0.5) is 0 Å². The van der Waals surface area contributed by atoms with E-state index in [0.717, 1.165) is 29.5 Å². The van der Waals surface area contributed by atoms with Crippen molar-refractivity contribution in [2.75, 3.05) is 13.2 Å². The van der Waals surface area contributed by atoms with E-state index in [0.29, 0.717) is 41.7 Å². The highest BCUT2D eigenvalue weighted by Gasteiger charge is 2.49. The lowest BCUT2D eigenvalue weighted by Gasteiger charge is -2.36. The minimum atomic E-state index is -0.717. The summed E-state index contributed by atoms with van der Waals surface area (Å²) in [7, 11) is 0. The number of hydrogen-bond acceptors (Lipinski definition) is 5. The molecule has 1 aliphatic carbocycles. The van der Waals surface area contributed by atoms with E-state index in [9.17, 15) is 0 Å². The Hall–Kier alpha value is -4.62. The molecule has 1 saturated heterocycles. The van der Waals surface area contributed by atoms with Gasteiger partial charge in [-0.1, -0.05) is 98.5 Å². The summed E-state index contributed by atoms with van der Waals surface area (Å²) in [6.45, 7) is 9.84. The molecular weight excluding hydrogens is 534 g/mol. The molecule has 0 amide bonds. The number of H-pyrrole nitrogens is 1. The number of hydrogen-bond donors (Lipinski definition) is 4. The highest BCUT2D eigenvalue weighted by Crippen LogP contribution is 2.40. The van der Waals surface area contributed by atoms with E-state index in [1.807, 2.05) is 25.1 Å². The molecule has 2 atom stereocenters. The molecule has 7 nitrogen and oxygen atoms in total. The van der Waals surface area contributed by atoms with E-state index in [2.05, 4.69) is 102 Å². The summed E-state index contributed by atoms with van der Waals surface area (Å²) in [5, 5.41) is 7.05. The zero-order chi connectivity index (χ0) is 30.2. The first-order chi connectivity index (χ1) is 20.9. The number of nitrogens with two attached hydrogens (primary N) is 2. The van der Waals surface area contributed by atoms with Crippen molar-refractivity contribution >= 4 is 11.4 Å². The summed E-state index contributed by atoms with van der Waals surface area (Å²) >= 11 is 0. The van der Waals surface area contributed by atoms with Gasteiger partial charge in [-0.25, -0.2) is 4.99 Å². The molecule has 43 heavy (non-hydrogen) atoms. The van der Waals surface area contributed by atoms with Gasteiger partial charge in [0, 0.05) is 47.5 Å². The summed E-state index contributed by atoms with van der Waals surface area (Å²) in [5.41, 5.74) is 18.1. The van der Waals surface area contributed by atoms with E-state index in [-0.39, 0.29) is 17.9 Å². The predicted octanol–water partition coefficient (Wildman–Crippen LogP) is 4.50. The third-order valence-electron chi connectivity index (χ3n) is 8.18. The van der Waals surface area contributed by atoms with Crippen LogP contribution in [0.15, 0.2) is 127 Å². The Bertz CT molecular complexity index is 1490. The van der Waals surface area contributed by atoms with Crippen molar-refractivity contribution in [2.24, 2.45) is 23.3 Å². The first-order valence-corrected chi connectivity index (χ1v) is 14.9. The number of benzene rings is 2. The molecule has 2 unspecified atom stereocenters. The van der Waals surface area contributed by atoms with Crippen molar-refractivity contribution in [1.82, 2.24) is 10.2 Å². The van der Waals surface area contributed by atoms with Gasteiger partial charge in [-0.2, -0.15) is 5.10 Å². The SMILES string of the molecule is C=C(OC1CCOCC1)C(C(/C=C(/C)N)=[NH+]C(c1ccccc1)(c1ccccc1)C1C=CC=CC1C)=C(N)c1cn[nH]c1. The molecule has 7 heteroatoms. The smallest absolute Gasteiger partial charge is 0.218 e. The van der Waals surface area contributed by atoms with Crippen LogP contribution in [0.5, 0.6) is 0 Å². The van der Waals surface area contributed by atoms with Crippen LogP contribution in [0.25, 0.3) is 5.70 Å². The molecule has 5 rings (SSSR count). The maximum atomic E-state index is 6.97. The van der Waals surface area contributed by atoms with Gasteiger partial charge in [-0.3, -0.25) is 5.10 Å². The number of aromatic nitrogens is 2. The van der Waals surface area contributed by atoms with Crippen LogP contribution >= 0.6 is 0 Å². The van der Waals surface area contributed by atoms with Gasteiger partial charge in [0.15, 0.2) is 0 Å². The van der Waals surface area contributed by atoms with Gasteiger partial charge in [0.1, 0.15) is 17.4 Å². The maximum Gasteiger partial charge on any atom is 0.218 e. The van der Waals surface area contributed by atoms with E-state index < -0.39 is 5.54 Å². The standard InChI is InChI=1S/C36H41N5O2/c1-25-12-10-11-17-32(25)36(29-13-6-4-7-14-29,30-15-8-5-9-16-30)41-33(22-26(2)37)34(35(38)28-23-39-40-24-28)27(3)43-31-18-20-42-21-19-31/h4-17,22-25,31-32H,3,18-21,37-38H2,1-2H3,(H,39,40)/p+1/b26-22-,35-34?,41-33?. The molecular formula is C36H42N5O2+. The molecule has 0 spiro atoms. The van der Waals surface area contributed by atoms with Crippen molar-refractivity contribution in [3.8, 4) is 0 Å². The first-order valence-electron chi connectivity index (χ1n) is 14.9. The second kappa shape index (κ2) is 13.6. The monoisotopic (exact) mass is 576 g/mol. The average Bonchev–Trinajstić information content (AvgIpc) is 3.57. The summed E-state index contributed by atoms with van der Waals surface area (Å²) in [6.07, 6.45) is 15.7. The van der Waals surface area contributed by atoms with Crippen LogP contribution in [0.3, 0.4) is 0 Å². The zero-order valence-corrected chi connectivity index (χ0v) is 25.0. The fourth-order valence-electron chi connectivity index (χ4n) is 6.09. The van der Waals surface area contributed by atoms with Gasteiger partial charge in [-0.05, 0) is 12.8 Å². The van der Waals surface area contributed by atoms with Crippen LogP contribution in [0.1, 0.15) is 43.4 Å². The van der Waals surface area contributed by atoms with E-state index in [1.54, 1.807) is 12.4 Å². The van der Waals surface area contributed by atoms with Gasteiger partial charge in [0.25, 0.3) is 0 Å². The third kappa shape index (κ3) is 6.57. The Morgan fingerprint density at radius 3 is 2.21 bits per heavy atom. The number of allylic oxidation sites excluding steroid dienone is 6. The van der Waals surface area contributed by atoms with Crippen LogP contribution in [0, 0.1) is 11.8 Å². The van der Waals surface area contributed by atoms with Crippen LogP contribution in [0.2, 0.25) is 0 Å². The lowest BCUT2D eigenvalue weighted by Crippen LogP contribution is -2.88. The van der Waals surface area contributed by atoms with Crippen LogP contribution < -0.4 is 16.5 Å². The Morgan fingerprint density at radius 2 is 1.65 bits per heavy atom. The van der Waals surface area contributed by atoms with E-state index >= 15 is 0 Å². The van der Waals surface area contributed by atoms with Crippen LogP contribution in [-0.4, -0.2) is 35.2 Å². The zero-order valence-electron chi connectivity index (χ0n) is 25.0. The third-order valence-corrected chi connectivity index (χ3v) is 8.18. The molecule has 0 bridgehead atoms. The highest BCUT2D eigenvalue weighted by molar-refractivity contribution is 6.12. The molecule has 2 aliphatic rings. The van der Waals surface area contributed by atoms with Crippen molar-refractivity contribution < 1.29 is 14.5 Å².